The summed E-state index contributed by atoms with van der Waals surface area (Å²) in [5, 5.41) is 39.3. The number of fused-ring (bicyclic) bond motifs is 1. The summed E-state index contributed by atoms with van der Waals surface area (Å²) in [7, 11) is 0. The third-order valence-corrected chi connectivity index (χ3v) is 4.11. The lowest BCUT2D eigenvalue weighted by Gasteiger charge is -2.39. The van der Waals surface area contributed by atoms with E-state index in [9.17, 15) is 20.1 Å². The van der Waals surface area contributed by atoms with E-state index < -0.39 is 43.3 Å². The highest BCUT2D eigenvalue weighted by Crippen LogP contribution is 2.23. The highest BCUT2D eigenvalue weighted by molar-refractivity contribution is 5.87. The van der Waals surface area contributed by atoms with Crippen LogP contribution >= 0.6 is 0 Å². The van der Waals surface area contributed by atoms with E-state index in [1.54, 1.807) is 6.20 Å². The standard InChI is InChI=1S/C16H19NO7/c18-7-11-13(20)14(21)15(22)16(23-11)24-12(19)5-8-6-17-10-4-2-1-3-9(8)10/h1-4,6,11,13-18,20-22H,5,7H2/t11-,13-,14-,15+,16+/m0/s1. The molecule has 1 aliphatic rings. The SMILES string of the molecule is O=C(Cc1c[nH]c2ccccc12)O[C@H]1O[C@@H](CO)[C@H](O)[C@H](O)[C@H]1O. The third-order valence-electron chi connectivity index (χ3n) is 4.11. The summed E-state index contributed by atoms with van der Waals surface area (Å²) in [5.74, 6) is -0.663. The number of carbonyl (C=O) groups is 1. The van der Waals surface area contributed by atoms with Crippen LogP contribution in [-0.2, 0) is 20.7 Å². The van der Waals surface area contributed by atoms with E-state index >= 15 is 0 Å². The molecule has 2 heterocycles. The van der Waals surface area contributed by atoms with Crippen LogP contribution in [0.5, 0.6) is 0 Å². The molecule has 1 aliphatic heterocycles. The summed E-state index contributed by atoms with van der Waals surface area (Å²) in [6.07, 6.45) is -5.62. The van der Waals surface area contributed by atoms with Crippen LogP contribution in [-0.4, -0.2) is 68.7 Å². The van der Waals surface area contributed by atoms with E-state index in [4.69, 9.17) is 14.6 Å². The van der Waals surface area contributed by atoms with Gasteiger partial charge >= 0.3 is 5.97 Å². The lowest BCUT2D eigenvalue weighted by Crippen LogP contribution is -2.59. The van der Waals surface area contributed by atoms with Crippen molar-refractivity contribution in [1.29, 1.82) is 0 Å². The number of aromatic amines is 1. The monoisotopic (exact) mass is 337 g/mol. The maximum absolute atomic E-state index is 12.1. The smallest absolute Gasteiger partial charge is 0.312 e. The van der Waals surface area contributed by atoms with E-state index in [0.717, 1.165) is 16.5 Å². The Kier molecular flexibility index (Phi) is 4.83. The first-order chi connectivity index (χ1) is 11.5. The second kappa shape index (κ2) is 6.88. The van der Waals surface area contributed by atoms with Gasteiger partial charge in [0.2, 0.25) is 6.29 Å². The van der Waals surface area contributed by atoms with Crippen molar-refractivity contribution in [3.63, 3.8) is 0 Å². The van der Waals surface area contributed by atoms with Gasteiger partial charge in [0.15, 0.2) is 0 Å². The van der Waals surface area contributed by atoms with Gasteiger partial charge in [-0.2, -0.15) is 0 Å². The number of aromatic nitrogens is 1. The maximum Gasteiger partial charge on any atom is 0.312 e. The molecule has 1 aromatic carbocycles. The average Bonchev–Trinajstić information content (AvgIpc) is 2.98. The second-order valence-electron chi connectivity index (χ2n) is 5.72. The summed E-state index contributed by atoms with van der Waals surface area (Å²) in [4.78, 5) is 15.2. The number of para-hydroxylation sites is 1. The molecule has 0 saturated carbocycles. The molecular formula is C16H19NO7. The lowest BCUT2D eigenvalue weighted by atomic mass is 9.99. The average molecular weight is 337 g/mol. The first-order valence-electron chi connectivity index (χ1n) is 7.56. The van der Waals surface area contributed by atoms with Crippen molar-refractivity contribution < 1.29 is 34.7 Å². The molecule has 0 bridgehead atoms. The van der Waals surface area contributed by atoms with Gasteiger partial charge in [0, 0.05) is 17.1 Å². The van der Waals surface area contributed by atoms with Gasteiger partial charge in [-0.1, -0.05) is 18.2 Å². The van der Waals surface area contributed by atoms with Gasteiger partial charge in [-0.15, -0.1) is 0 Å². The minimum atomic E-state index is -1.60. The second-order valence-corrected chi connectivity index (χ2v) is 5.72. The van der Waals surface area contributed by atoms with Crippen LogP contribution in [0.4, 0.5) is 0 Å². The van der Waals surface area contributed by atoms with Crippen molar-refractivity contribution >= 4 is 16.9 Å². The molecule has 0 aliphatic carbocycles. The van der Waals surface area contributed by atoms with Crippen molar-refractivity contribution in [3.05, 3.63) is 36.0 Å². The zero-order valence-corrected chi connectivity index (χ0v) is 12.7. The minimum absolute atomic E-state index is 0.0565. The number of H-pyrrole nitrogens is 1. The number of carbonyl (C=O) groups excluding carboxylic acids is 1. The number of rotatable bonds is 4. The molecule has 0 unspecified atom stereocenters. The van der Waals surface area contributed by atoms with Crippen LogP contribution in [0.3, 0.4) is 0 Å². The number of ether oxygens (including phenoxy) is 2. The zero-order valence-electron chi connectivity index (χ0n) is 12.7. The molecule has 130 valence electrons. The van der Waals surface area contributed by atoms with Crippen molar-refractivity contribution in [3.8, 4) is 0 Å². The Bertz CT molecular complexity index is 713. The van der Waals surface area contributed by atoms with Gasteiger partial charge in [-0.25, -0.2) is 0 Å². The summed E-state index contributed by atoms with van der Waals surface area (Å²) in [6, 6.07) is 7.46. The van der Waals surface area contributed by atoms with Crippen molar-refractivity contribution in [1.82, 2.24) is 4.98 Å². The number of hydrogen-bond donors (Lipinski definition) is 5. The Labute approximate surface area is 137 Å². The molecule has 3 rings (SSSR count). The maximum atomic E-state index is 12.1. The van der Waals surface area contributed by atoms with Crippen LogP contribution in [0, 0.1) is 0 Å². The number of benzene rings is 1. The normalized spacial score (nSPS) is 30.4. The molecule has 1 saturated heterocycles. The summed E-state index contributed by atoms with van der Waals surface area (Å²) in [6.45, 7) is -0.582. The Morgan fingerprint density at radius 1 is 1.17 bits per heavy atom. The Morgan fingerprint density at radius 3 is 2.67 bits per heavy atom. The van der Waals surface area contributed by atoms with Crippen LogP contribution in [0.15, 0.2) is 30.5 Å². The molecule has 0 amide bonds. The van der Waals surface area contributed by atoms with E-state index in [1.165, 1.54) is 0 Å². The van der Waals surface area contributed by atoms with E-state index in [0.29, 0.717) is 0 Å². The van der Waals surface area contributed by atoms with Crippen LogP contribution in [0.2, 0.25) is 0 Å². The first kappa shape index (κ1) is 16.9. The quantitative estimate of drug-likeness (QED) is 0.455. The molecule has 0 spiro atoms. The molecule has 2 aromatic rings. The number of nitrogens with one attached hydrogen (secondary N) is 1. The molecule has 8 heteroatoms. The molecule has 0 radical (unpaired) electrons. The molecule has 5 N–H and O–H groups in total. The van der Waals surface area contributed by atoms with Gasteiger partial charge < -0.3 is 34.9 Å². The highest BCUT2D eigenvalue weighted by Gasteiger charge is 2.45. The van der Waals surface area contributed by atoms with E-state index in [-0.39, 0.29) is 6.42 Å². The lowest BCUT2D eigenvalue weighted by molar-refractivity contribution is -0.292. The van der Waals surface area contributed by atoms with Crippen LogP contribution < -0.4 is 0 Å². The summed E-state index contributed by atoms with van der Waals surface area (Å²) >= 11 is 0. The third kappa shape index (κ3) is 3.14. The fourth-order valence-corrected chi connectivity index (χ4v) is 2.77. The Morgan fingerprint density at radius 2 is 1.92 bits per heavy atom. The van der Waals surface area contributed by atoms with Gasteiger partial charge in [-0.3, -0.25) is 4.79 Å². The largest absolute Gasteiger partial charge is 0.432 e. The van der Waals surface area contributed by atoms with E-state index in [1.807, 2.05) is 24.3 Å². The number of hydrogen-bond acceptors (Lipinski definition) is 7. The molecule has 5 atom stereocenters. The van der Waals surface area contributed by atoms with Gasteiger partial charge in [0.25, 0.3) is 0 Å². The number of aliphatic hydroxyl groups excluding tert-OH is 4. The van der Waals surface area contributed by atoms with Crippen molar-refractivity contribution in [2.45, 2.75) is 37.1 Å². The number of aliphatic hydroxyl groups is 4. The predicted molar refractivity (Wildman–Crippen MR) is 81.9 cm³/mol. The van der Waals surface area contributed by atoms with E-state index in [2.05, 4.69) is 4.98 Å². The molecule has 1 fully saturated rings. The van der Waals surface area contributed by atoms with Crippen LogP contribution in [0.1, 0.15) is 5.56 Å². The van der Waals surface area contributed by atoms with Crippen molar-refractivity contribution in [2.75, 3.05) is 6.61 Å². The van der Waals surface area contributed by atoms with Crippen LogP contribution in [0.25, 0.3) is 10.9 Å². The molecule has 8 nitrogen and oxygen atoms in total. The molecular weight excluding hydrogens is 318 g/mol. The zero-order chi connectivity index (χ0) is 17.3. The number of esters is 1. The minimum Gasteiger partial charge on any atom is -0.432 e. The highest BCUT2D eigenvalue weighted by atomic mass is 16.7. The fraction of sp³-hybridized carbons (Fsp3) is 0.438. The van der Waals surface area contributed by atoms with Crippen molar-refractivity contribution in [2.24, 2.45) is 0 Å². The first-order valence-corrected chi connectivity index (χ1v) is 7.56. The fourth-order valence-electron chi connectivity index (χ4n) is 2.77. The molecule has 24 heavy (non-hydrogen) atoms. The van der Waals surface area contributed by atoms with Gasteiger partial charge in [0.1, 0.15) is 24.4 Å². The van der Waals surface area contributed by atoms with Gasteiger partial charge in [-0.05, 0) is 11.6 Å². The Balaban J connectivity index is 1.68. The van der Waals surface area contributed by atoms with Gasteiger partial charge in [0.05, 0.1) is 13.0 Å². The molecule has 1 aromatic heterocycles. The summed E-state index contributed by atoms with van der Waals surface area (Å²) < 4.78 is 10.2. The Hall–Kier alpha value is -1.97. The topological polar surface area (TPSA) is 132 Å². The summed E-state index contributed by atoms with van der Waals surface area (Å²) in [5.41, 5.74) is 1.60. The predicted octanol–water partition coefficient (Wildman–Crippen LogP) is -0.947.